The second kappa shape index (κ2) is 6.75. The average molecular weight is 326 g/mol. The van der Waals surface area contributed by atoms with Gasteiger partial charge in [0.1, 0.15) is 13.2 Å². The number of aliphatic hydroxyl groups is 1. The molecule has 22 heavy (non-hydrogen) atoms. The van der Waals surface area contributed by atoms with Crippen LogP contribution in [0.3, 0.4) is 0 Å². The normalized spacial score (nSPS) is 23.4. The monoisotopic (exact) mass is 325 g/mol. The molecule has 0 unspecified atom stereocenters. The van der Waals surface area contributed by atoms with Gasteiger partial charge in [0.05, 0.1) is 17.5 Å². The van der Waals surface area contributed by atoms with Crippen LogP contribution in [0.1, 0.15) is 24.8 Å². The Morgan fingerprint density at radius 2 is 2.14 bits per heavy atom. The Hall–Kier alpha value is -1.46. The van der Waals surface area contributed by atoms with Crippen LogP contribution in [0.25, 0.3) is 0 Å². The molecule has 0 saturated heterocycles. The molecule has 1 heterocycles. The highest BCUT2D eigenvalue weighted by atomic mass is 35.5. The first kappa shape index (κ1) is 15.4. The van der Waals surface area contributed by atoms with Crippen molar-refractivity contribution in [2.75, 3.05) is 19.8 Å². The van der Waals surface area contributed by atoms with E-state index < -0.39 is 0 Å². The SMILES string of the molecule is O=C(Cc1cc(Cl)c2c(c1)OCCO2)NC[C@@H]1CCC[C@@H]1O. The van der Waals surface area contributed by atoms with E-state index in [2.05, 4.69) is 5.32 Å². The van der Waals surface area contributed by atoms with Crippen LogP contribution < -0.4 is 14.8 Å². The van der Waals surface area contributed by atoms with Crippen LogP contribution in [0, 0.1) is 5.92 Å². The highest BCUT2D eigenvalue weighted by molar-refractivity contribution is 6.32. The molecule has 1 saturated carbocycles. The predicted molar refractivity (Wildman–Crippen MR) is 82.5 cm³/mol. The topological polar surface area (TPSA) is 67.8 Å². The minimum absolute atomic E-state index is 0.0770. The number of hydrogen-bond donors (Lipinski definition) is 2. The van der Waals surface area contributed by atoms with Crippen molar-refractivity contribution in [3.63, 3.8) is 0 Å². The van der Waals surface area contributed by atoms with Gasteiger partial charge in [0.2, 0.25) is 5.91 Å². The van der Waals surface area contributed by atoms with Gasteiger partial charge in [-0.3, -0.25) is 4.79 Å². The van der Waals surface area contributed by atoms with Gasteiger partial charge in [0.15, 0.2) is 11.5 Å². The summed E-state index contributed by atoms with van der Waals surface area (Å²) < 4.78 is 11.0. The fourth-order valence-electron chi connectivity index (χ4n) is 3.01. The van der Waals surface area contributed by atoms with Crippen molar-refractivity contribution in [3.8, 4) is 11.5 Å². The number of nitrogens with one attached hydrogen (secondary N) is 1. The van der Waals surface area contributed by atoms with Crippen molar-refractivity contribution in [1.29, 1.82) is 0 Å². The third-order valence-electron chi connectivity index (χ3n) is 4.20. The molecule has 2 aliphatic rings. The quantitative estimate of drug-likeness (QED) is 0.887. The highest BCUT2D eigenvalue weighted by Gasteiger charge is 2.25. The molecule has 1 fully saturated rings. The van der Waals surface area contributed by atoms with Gasteiger partial charge in [-0.15, -0.1) is 0 Å². The lowest BCUT2D eigenvalue weighted by Crippen LogP contribution is -2.33. The zero-order valence-corrected chi connectivity index (χ0v) is 13.1. The smallest absolute Gasteiger partial charge is 0.224 e. The van der Waals surface area contributed by atoms with E-state index in [4.69, 9.17) is 21.1 Å². The number of carbonyl (C=O) groups is 1. The molecule has 120 valence electrons. The number of carbonyl (C=O) groups excluding carboxylic acids is 1. The maximum Gasteiger partial charge on any atom is 0.224 e. The number of amides is 1. The van der Waals surface area contributed by atoms with Gasteiger partial charge in [-0.1, -0.05) is 18.0 Å². The summed E-state index contributed by atoms with van der Waals surface area (Å²) in [6.45, 7) is 1.49. The Kier molecular flexibility index (Phi) is 4.74. The molecule has 0 bridgehead atoms. The molecule has 1 aliphatic heterocycles. The molecule has 1 aliphatic carbocycles. The van der Waals surface area contributed by atoms with Gasteiger partial charge < -0.3 is 19.9 Å². The van der Waals surface area contributed by atoms with Gasteiger partial charge >= 0.3 is 0 Å². The fourth-order valence-corrected chi connectivity index (χ4v) is 3.30. The first-order valence-electron chi connectivity index (χ1n) is 7.66. The molecular formula is C16H20ClNO4. The lowest BCUT2D eigenvalue weighted by Gasteiger charge is -2.20. The van der Waals surface area contributed by atoms with Gasteiger partial charge in [0, 0.05) is 12.5 Å². The predicted octanol–water partition coefficient (Wildman–Crippen LogP) is 1.93. The number of halogens is 1. The molecule has 1 amide bonds. The second-order valence-corrected chi connectivity index (χ2v) is 6.25. The van der Waals surface area contributed by atoms with Crippen molar-refractivity contribution in [3.05, 3.63) is 22.7 Å². The van der Waals surface area contributed by atoms with Crippen LogP contribution in [0.2, 0.25) is 5.02 Å². The minimum Gasteiger partial charge on any atom is -0.486 e. The van der Waals surface area contributed by atoms with E-state index in [1.807, 2.05) is 0 Å². The van der Waals surface area contributed by atoms with Crippen molar-refractivity contribution in [2.45, 2.75) is 31.8 Å². The van der Waals surface area contributed by atoms with E-state index in [0.29, 0.717) is 36.3 Å². The number of rotatable bonds is 4. The highest BCUT2D eigenvalue weighted by Crippen LogP contribution is 2.38. The molecule has 0 aromatic heterocycles. The van der Waals surface area contributed by atoms with Crippen LogP contribution in [-0.2, 0) is 11.2 Å². The Balaban J connectivity index is 1.58. The van der Waals surface area contributed by atoms with E-state index in [9.17, 15) is 9.90 Å². The summed E-state index contributed by atoms with van der Waals surface area (Å²) in [5, 5.41) is 13.1. The van der Waals surface area contributed by atoms with Gasteiger partial charge in [-0.2, -0.15) is 0 Å². The second-order valence-electron chi connectivity index (χ2n) is 5.84. The molecule has 1 aromatic carbocycles. The molecule has 2 atom stereocenters. The summed E-state index contributed by atoms with van der Waals surface area (Å²) >= 11 is 6.16. The van der Waals surface area contributed by atoms with Crippen LogP contribution in [0.4, 0.5) is 0 Å². The molecule has 1 aromatic rings. The summed E-state index contributed by atoms with van der Waals surface area (Å²) in [6.07, 6.45) is 2.78. The Morgan fingerprint density at radius 1 is 1.32 bits per heavy atom. The van der Waals surface area contributed by atoms with E-state index in [-0.39, 0.29) is 24.3 Å². The van der Waals surface area contributed by atoms with Crippen molar-refractivity contribution in [1.82, 2.24) is 5.32 Å². The van der Waals surface area contributed by atoms with E-state index in [1.165, 1.54) is 0 Å². The molecule has 3 rings (SSSR count). The zero-order valence-electron chi connectivity index (χ0n) is 12.3. The molecular weight excluding hydrogens is 306 g/mol. The largest absolute Gasteiger partial charge is 0.486 e. The first-order valence-corrected chi connectivity index (χ1v) is 8.04. The van der Waals surface area contributed by atoms with Crippen LogP contribution >= 0.6 is 11.6 Å². The fraction of sp³-hybridized carbons (Fsp3) is 0.562. The summed E-state index contributed by atoms with van der Waals surface area (Å²) in [6, 6.07) is 3.53. The first-order chi connectivity index (χ1) is 10.6. The number of ether oxygens (including phenoxy) is 2. The lowest BCUT2D eigenvalue weighted by atomic mass is 10.1. The van der Waals surface area contributed by atoms with Gasteiger partial charge in [-0.25, -0.2) is 0 Å². The van der Waals surface area contributed by atoms with Crippen molar-refractivity contribution < 1.29 is 19.4 Å². The van der Waals surface area contributed by atoms with Crippen LogP contribution in [-0.4, -0.2) is 36.9 Å². The standard InChI is InChI=1S/C16H20ClNO4/c17-12-6-10(7-14-16(12)22-5-4-21-14)8-15(20)18-9-11-2-1-3-13(11)19/h6-7,11,13,19H,1-5,8-9H2,(H,18,20)/t11-,13-/m0/s1. The third kappa shape index (κ3) is 3.47. The zero-order chi connectivity index (χ0) is 15.5. The van der Waals surface area contributed by atoms with E-state index in [1.54, 1.807) is 12.1 Å². The van der Waals surface area contributed by atoms with Gasteiger partial charge in [0.25, 0.3) is 0 Å². The Morgan fingerprint density at radius 3 is 2.91 bits per heavy atom. The number of hydrogen-bond acceptors (Lipinski definition) is 4. The molecule has 0 radical (unpaired) electrons. The number of aliphatic hydroxyl groups excluding tert-OH is 1. The third-order valence-corrected chi connectivity index (χ3v) is 4.48. The van der Waals surface area contributed by atoms with Crippen LogP contribution in [0.5, 0.6) is 11.5 Å². The summed E-state index contributed by atoms with van der Waals surface area (Å²) in [5.41, 5.74) is 0.790. The summed E-state index contributed by atoms with van der Waals surface area (Å²) in [7, 11) is 0. The summed E-state index contributed by atoms with van der Waals surface area (Å²) in [4.78, 5) is 12.0. The molecule has 2 N–H and O–H groups in total. The lowest BCUT2D eigenvalue weighted by molar-refractivity contribution is -0.120. The molecule has 5 nitrogen and oxygen atoms in total. The summed E-state index contributed by atoms with van der Waals surface area (Å²) in [5.74, 6) is 1.23. The van der Waals surface area contributed by atoms with Crippen molar-refractivity contribution in [2.24, 2.45) is 5.92 Å². The van der Waals surface area contributed by atoms with E-state index in [0.717, 1.165) is 24.8 Å². The Bertz CT molecular complexity index is 563. The molecule has 0 spiro atoms. The number of fused-ring (bicyclic) bond motifs is 1. The maximum absolute atomic E-state index is 12.0. The Labute approximate surface area is 134 Å². The van der Waals surface area contributed by atoms with Gasteiger partial charge in [-0.05, 0) is 30.5 Å². The maximum atomic E-state index is 12.0. The average Bonchev–Trinajstić information content (AvgIpc) is 2.90. The van der Waals surface area contributed by atoms with Crippen molar-refractivity contribution >= 4 is 17.5 Å². The van der Waals surface area contributed by atoms with Crippen LogP contribution in [0.15, 0.2) is 12.1 Å². The number of benzene rings is 1. The van der Waals surface area contributed by atoms with E-state index >= 15 is 0 Å². The molecule has 6 heteroatoms. The minimum atomic E-state index is -0.288.